The predicted octanol–water partition coefficient (Wildman–Crippen LogP) is 3.38. The van der Waals surface area contributed by atoms with E-state index in [2.05, 4.69) is 0 Å². The first-order chi connectivity index (χ1) is 6.68. The molecule has 0 radical (unpaired) electrons. The van der Waals surface area contributed by atoms with Crippen LogP contribution in [0.2, 0.25) is 5.22 Å². The molecule has 0 spiro atoms. The Labute approximate surface area is 90.8 Å². The average molecular weight is 229 g/mol. The number of hydrogen-bond donors (Lipinski definition) is 1. The van der Waals surface area contributed by atoms with Gasteiger partial charge < -0.3 is 9.52 Å². The lowest BCUT2D eigenvalue weighted by Gasteiger charge is -2.05. The lowest BCUT2D eigenvalue weighted by Crippen LogP contribution is -1.95. The third kappa shape index (κ3) is 1.71. The molecule has 2 nitrogen and oxygen atoms in total. The summed E-state index contributed by atoms with van der Waals surface area (Å²) in [5.74, 6) is 0. The van der Waals surface area contributed by atoms with Crippen LogP contribution in [0.5, 0.6) is 0 Å². The molecule has 74 valence electrons. The van der Waals surface area contributed by atoms with Gasteiger partial charge in [-0.15, -0.1) is 11.3 Å². The van der Waals surface area contributed by atoms with Gasteiger partial charge in [-0.2, -0.15) is 0 Å². The normalized spacial score (nSPS) is 13.1. The van der Waals surface area contributed by atoms with Crippen LogP contribution in [-0.2, 0) is 0 Å². The van der Waals surface area contributed by atoms with Crippen molar-refractivity contribution in [2.45, 2.75) is 13.0 Å². The average Bonchev–Trinajstić information content (AvgIpc) is 2.73. The standard InChI is InChI=1S/C10H9ClO2S/c1-6-2-3-8(14-6)9(12)7-4-5-13-10(7)11/h2-5,9,12H,1H3. The second-order valence-corrected chi connectivity index (χ2v) is 4.66. The van der Waals surface area contributed by atoms with E-state index in [1.54, 1.807) is 17.4 Å². The first kappa shape index (κ1) is 9.77. The quantitative estimate of drug-likeness (QED) is 0.855. The number of halogens is 1. The van der Waals surface area contributed by atoms with Crippen molar-refractivity contribution in [3.63, 3.8) is 0 Å². The van der Waals surface area contributed by atoms with Gasteiger partial charge in [-0.05, 0) is 36.7 Å². The van der Waals surface area contributed by atoms with E-state index in [4.69, 9.17) is 16.0 Å². The number of furan rings is 1. The van der Waals surface area contributed by atoms with Gasteiger partial charge in [-0.25, -0.2) is 0 Å². The summed E-state index contributed by atoms with van der Waals surface area (Å²) in [6, 6.07) is 5.55. The van der Waals surface area contributed by atoms with Crippen molar-refractivity contribution in [1.29, 1.82) is 0 Å². The van der Waals surface area contributed by atoms with Crippen LogP contribution in [0, 0.1) is 6.92 Å². The molecule has 2 aromatic heterocycles. The zero-order chi connectivity index (χ0) is 10.1. The second-order valence-electron chi connectivity index (χ2n) is 3.00. The Hall–Kier alpha value is -0.770. The van der Waals surface area contributed by atoms with Gasteiger partial charge in [0.1, 0.15) is 6.10 Å². The van der Waals surface area contributed by atoms with Crippen LogP contribution in [0.1, 0.15) is 21.4 Å². The third-order valence-electron chi connectivity index (χ3n) is 1.97. The largest absolute Gasteiger partial charge is 0.453 e. The number of aryl methyl sites for hydroxylation is 1. The molecule has 0 saturated carbocycles. The van der Waals surface area contributed by atoms with Crippen LogP contribution in [0.15, 0.2) is 28.9 Å². The Morgan fingerprint density at radius 3 is 2.71 bits per heavy atom. The molecule has 1 atom stereocenters. The van der Waals surface area contributed by atoms with E-state index in [-0.39, 0.29) is 5.22 Å². The van der Waals surface area contributed by atoms with Gasteiger partial charge in [-0.1, -0.05) is 0 Å². The Morgan fingerprint density at radius 1 is 1.43 bits per heavy atom. The number of rotatable bonds is 2. The maximum absolute atomic E-state index is 9.94. The van der Waals surface area contributed by atoms with Crippen LogP contribution in [0.25, 0.3) is 0 Å². The fourth-order valence-electron chi connectivity index (χ4n) is 1.25. The summed E-state index contributed by atoms with van der Waals surface area (Å²) < 4.78 is 4.92. The minimum absolute atomic E-state index is 0.253. The minimum atomic E-state index is -0.681. The molecule has 0 aliphatic carbocycles. The van der Waals surface area contributed by atoms with Crippen molar-refractivity contribution < 1.29 is 9.52 Å². The highest BCUT2D eigenvalue weighted by Crippen LogP contribution is 2.32. The van der Waals surface area contributed by atoms with Crippen molar-refractivity contribution in [3.05, 3.63) is 45.0 Å². The Morgan fingerprint density at radius 2 is 2.21 bits per heavy atom. The van der Waals surface area contributed by atoms with Crippen molar-refractivity contribution in [1.82, 2.24) is 0 Å². The molecular formula is C10H9ClO2S. The van der Waals surface area contributed by atoms with Gasteiger partial charge in [0.2, 0.25) is 0 Å². The van der Waals surface area contributed by atoms with E-state index in [1.807, 2.05) is 19.1 Å². The van der Waals surface area contributed by atoms with Gasteiger partial charge in [0, 0.05) is 15.3 Å². The summed E-state index contributed by atoms with van der Waals surface area (Å²) in [6.07, 6.45) is 0.793. The van der Waals surface area contributed by atoms with Gasteiger partial charge in [0.25, 0.3) is 0 Å². The molecule has 14 heavy (non-hydrogen) atoms. The van der Waals surface area contributed by atoms with Crippen LogP contribution >= 0.6 is 22.9 Å². The Balaban J connectivity index is 2.33. The molecular weight excluding hydrogens is 220 g/mol. The molecule has 0 aliphatic rings. The van der Waals surface area contributed by atoms with E-state index in [0.717, 1.165) is 4.88 Å². The minimum Gasteiger partial charge on any atom is -0.453 e. The number of aliphatic hydroxyl groups is 1. The molecule has 0 aliphatic heterocycles. The first-order valence-corrected chi connectivity index (χ1v) is 5.35. The van der Waals surface area contributed by atoms with Crippen LogP contribution < -0.4 is 0 Å². The van der Waals surface area contributed by atoms with Gasteiger partial charge in [0.05, 0.1) is 6.26 Å². The third-order valence-corrected chi connectivity index (χ3v) is 3.33. The molecule has 0 amide bonds. The molecule has 2 heterocycles. The fraction of sp³-hybridized carbons (Fsp3) is 0.200. The van der Waals surface area contributed by atoms with E-state index in [1.165, 1.54) is 11.1 Å². The second kappa shape index (κ2) is 3.77. The molecule has 0 fully saturated rings. The Kier molecular flexibility index (Phi) is 2.63. The van der Waals surface area contributed by atoms with Crippen LogP contribution in [-0.4, -0.2) is 5.11 Å². The topological polar surface area (TPSA) is 33.4 Å². The molecule has 2 aromatic rings. The molecule has 1 N–H and O–H groups in total. The monoisotopic (exact) mass is 228 g/mol. The lowest BCUT2D eigenvalue weighted by molar-refractivity contribution is 0.223. The summed E-state index contributed by atoms with van der Waals surface area (Å²) in [7, 11) is 0. The highest BCUT2D eigenvalue weighted by molar-refractivity contribution is 7.12. The lowest BCUT2D eigenvalue weighted by atomic mass is 10.1. The molecule has 0 bridgehead atoms. The van der Waals surface area contributed by atoms with Crippen molar-refractivity contribution in [2.75, 3.05) is 0 Å². The van der Waals surface area contributed by atoms with Crippen molar-refractivity contribution in [2.24, 2.45) is 0 Å². The van der Waals surface area contributed by atoms with Gasteiger partial charge in [-0.3, -0.25) is 0 Å². The summed E-state index contributed by atoms with van der Waals surface area (Å²) in [5.41, 5.74) is 0.619. The van der Waals surface area contributed by atoms with E-state index in [9.17, 15) is 5.11 Å². The van der Waals surface area contributed by atoms with Crippen LogP contribution in [0.4, 0.5) is 0 Å². The summed E-state index contributed by atoms with van der Waals surface area (Å²) in [4.78, 5) is 2.05. The number of hydrogen-bond acceptors (Lipinski definition) is 3. The van der Waals surface area contributed by atoms with Crippen molar-refractivity contribution in [3.8, 4) is 0 Å². The summed E-state index contributed by atoms with van der Waals surface area (Å²) >= 11 is 7.32. The fourth-order valence-corrected chi connectivity index (χ4v) is 2.35. The predicted molar refractivity (Wildman–Crippen MR) is 56.8 cm³/mol. The maximum Gasteiger partial charge on any atom is 0.199 e. The highest BCUT2D eigenvalue weighted by Gasteiger charge is 2.17. The number of thiophene rings is 1. The maximum atomic E-state index is 9.94. The van der Waals surface area contributed by atoms with Gasteiger partial charge >= 0.3 is 0 Å². The molecule has 4 heteroatoms. The smallest absolute Gasteiger partial charge is 0.199 e. The SMILES string of the molecule is Cc1ccc(C(O)c2ccoc2Cl)s1. The van der Waals surface area contributed by atoms with Gasteiger partial charge in [0.15, 0.2) is 5.22 Å². The summed E-state index contributed by atoms with van der Waals surface area (Å²) in [6.45, 7) is 2.00. The number of aliphatic hydroxyl groups excluding tert-OH is 1. The Bertz CT molecular complexity index is 433. The van der Waals surface area contributed by atoms with Crippen molar-refractivity contribution >= 4 is 22.9 Å². The van der Waals surface area contributed by atoms with E-state index in [0.29, 0.717) is 5.56 Å². The zero-order valence-electron chi connectivity index (χ0n) is 7.53. The molecule has 0 aromatic carbocycles. The summed E-state index contributed by atoms with van der Waals surface area (Å²) in [5, 5.41) is 10.2. The van der Waals surface area contributed by atoms with E-state index < -0.39 is 6.10 Å². The first-order valence-electron chi connectivity index (χ1n) is 4.16. The van der Waals surface area contributed by atoms with E-state index >= 15 is 0 Å². The zero-order valence-corrected chi connectivity index (χ0v) is 9.10. The van der Waals surface area contributed by atoms with Crippen LogP contribution in [0.3, 0.4) is 0 Å². The molecule has 0 saturated heterocycles. The highest BCUT2D eigenvalue weighted by atomic mass is 35.5. The molecule has 2 rings (SSSR count). The molecule has 1 unspecified atom stereocenters.